The molecule has 5 nitrogen and oxygen atoms in total. The quantitative estimate of drug-likeness (QED) is 0.397. The van der Waals surface area contributed by atoms with Gasteiger partial charge >= 0.3 is 0 Å². The second-order valence-corrected chi connectivity index (χ2v) is 8.44. The molecule has 2 heterocycles. The molecule has 0 aromatic rings. The molecule has 2 aliphatic rings. The summed E-state index contributed by atoms with van der Waals surface area (Å²) in [6.45, 7) is 4.37. The highest BCUT2D eigenvalue weighted by Crippen LogP contribution is 2.22. The lowest BCUT2D eigenvalue weighted by Crippen LogP contribution is -2.37. The van der Waals surface area contributed by atoms with Crippen molar-refractivity contribution in [2.45, 2.75) is 88.9 Å². The normalized spacial score (nSPS) is 27.8. The number of unbranched alkanes of at least 4 members (excludes halogenated alkanes) is 1. The second-order valence-electron chi connectivity index (χ2n) is 8.44. The first-order valence-corrected chi connectivity index (χ1v) is 11.0. The summed E-state index contributed by atoms with van der Waals surface area (Å²) in [6, 6.07) is 0. The smallest absolute Gasteiger partial charge is 0.0830 e. The van der Waals surface area contributed by atoms with E-state index in [4.69, 9.17) is 4.74 Å². The second kappa shape index (κ2) is 13.1. The van der Waals surface area contributed by atoms with E-state index in [2.05, 4.69) is 10.6 Å². The molecule has 5 heteroatoms. The maximum atomic E-state index is 10.5. The number of methoxy groups -OCH3 is 1. The molecule has 2 rings (SSSR count). The zero-order valence-electron chi connectivity index (χ0n) is 16.8. The van der Waals surface area contributed by atoms with Gasteiger partial charge in [-0.2, -0.15) is 0 Å². The van der Waals surface area contributed by atoms with Gasteiger partial charge in [-0.15, -0.1) is 0 Å². The third-order valence-corrected chi connectivity index (χ3v) is 6.36. The van der Waals surface area contributed by atoms with Crippen LogP contribution in [0.15, 0.2) is 0 Å². The molecule has 2 fully saturated rings. The van der Waals surface area contributed by atoms with E-state index in [0.717, 1.165) is 64.0 Å². The summed E-state index contributed by atoms with van der Waals surface area (Å²) in [5, 5.41) is 27.6. The minimum atomic E-state index is -0.377. The Morgan fingerprint density at radius 3 is 2.35 bits per heavy atom. The standard InChI is InChI=1S/C21H42N2O3/c1-26-21(12-4-11-19(24)18-9-6-14-23-16-18)20(25)10-3-2-7-17-8-5-13-22-15-17/h17-25H,2-16H2,1H3. The topological polar surface area (TPSA) is 73.8 Å². The van der Waals surface area contributed by atoms with E-state index in [9.17, 15) is 10.2 Å². The van der Waals surface area contributed by atoms with E-state index in [0.29, 0.717) is 5.92 Å². The zero-order valence-corrected chi connectivity index (χ0v) is 16.8. The van der Waals surface area contributed by atoms with Gasteiger partial charge in [-0.3, -0.25) is 0 Å². The van der Waals surface area contributed by atoms with Gasteiger partial charge in [-0.1, -0.05) is 12.8 Å². The highest BCUT2D eigenvalue weighted by atomic mass is 16.5. The van der Waals surface area contributed by atoms with Crippen LogP contribution in [0.25, 0.3) is 0 Å². The molecule has 0 aliphatic carbocycles. The van der Waals surface area contributed by atoms with Gasteiger partial charge in [0.15, 0.2) is 0 Å². The minimum Gasteiger partial charge on any atom is -0.393 e. The predicted octanol–water partition coefficient (Wildman–Crippen LogP) is 2.45. The van der Waals surface area contributed by atoms with Crippen LogP contribution >= 0.6 is 0 Å². The van der Waals surface area contributed by atoms with Crippen molar-refractivity contribution < 1.29 is 14.9 Å². The van der Waals surface area contributed by atoms with Crippen molar-refractivity contribution in [1.82, 2.24) is 10.6 Å². The van der Waals surface area contributed by atoms with Gasteiger partial charge in [0.05, 0.1) is 18.3 Å². The summed E-state index contributed by atoms with van der Waals surface area (Å²) in [5.74, 6) is 1.22. The summed E-state index contributed by atoms with van der Waals surface area (Å²) in [6.07, 6.45) is 11.2. The Bertz CT molecular complexity index is 344. The SMILES string of the molecule is COC(CCCC(O)C1CCCNC1)C(O)CCCCC1CCCNC1. The van der Waals surface area contributed by atoms with Gasteiger partial charge in [0.25, 0.3) is 0 Å². The molecule has 0 bridgehead atoms. The lowest BCUT2D eigenvalue weighted by atomic mass is 9.90. The van der Waals surface area contributed by atoms with Crippen LogP contribution < -0.4 is 10.6 Å². The van der Waals surface area contributed by atoms with Crippen LogP contribution in [0.3, 0.4) is 0 Å². The molecule has 0 aromatic carbocycles. The van der Waals surface area contributed by atoms with Crippen LogP contribution in [0.1, 0.15) is 70.6 Å². The van der Waals surface area contributed by atoms with Crippen LogP contribution in [0.2, 0.25) is 0 Å². The van der Waals surface area contributed by atoms with E-state index in [1.165, 1.54) is 38.8 Å². The van der Waals surface area contributed by atoms with E-state index in [1.807, 2.05) is 0 Å². The fraction of sp³-hybridized carbons (Fsp3) is 1.00. The van der Waals surface area contributed by atoms with Gasteiger partial charge in [-0.25, -0.2) is 0 Å². The fourth-order valence-corrected chi connectivity index (χ4v) is 4.58. The molecule has 0 saturated carbocycles. The van der Waals surface area contributed by atoms with Gasteiger partial charge in [0.1, 0.15) is 0 Å². The van der Waals surface area contributed by atoms with Crippen molar-refractivity contribution >= 4 is 0 Å². The monoisotopic (exact) mass is 370 g/mol. The molecule has 0 radical (unpaired) electrons. The summed E-state index contributed by atoms with van der Waals surface area (Å²) in [7, 11) is 1.70. The average Bonchev–Trinajstić information content (AvgIpc) is 2.69. The predicted molar refractivity (Wildman–Crippen MR) is 106 cm³/mol. The van der Waals surface area contributed by atoms with Gasteiger partial charge in [-0.05, 0) is 89.3 Å². The van der Waals surface area contributed by atoms with Gasteiger partial charge < -0.3 is 25.6 Å². The molecule has 0 aromatic heterocycles. The third-order valence-electron chi connectivity index (χ3n) is 6.36. The molecule has 4 N–H and O–H groups in total. The van der Waals surface area contributed by atoms with E-state index < -0.39 is 0 Å². The lowest BCUT2D eigenvalue weighted by Gasteiger charge is -2.28. The van der Waals surface area contributed by atoms with Crippen LogP contribution in [-0.2, 0) is 4.74 Å². The van der Waals surface area contributed by atoms with Crippen LogP contribution in [0, 0.1) is 11.8 Å². The Balaban J connectivity index is 1.54. The molecular weight excluding hydrogens is 328 g/mol. The highest BCUT2D eigenvalue weighted by molar-refractivity contribution is 4.77. The molecule has 5 unspecified atom stereocenters. The maximum Gasteiger partial charge on any atom is 0.0830 e. The van der Waals surface area contributed by atoms with Crippen molar-refractivity contribution in [2.75, 3.05) is 33.3 Å². The summed E-state index contributed by atoms with van der Waals surface area (Å²) in [4.78, 5) is 0. The summed E-state index contributed by atoms with van der Waals surface area (Å²) < 4.78 is 5.53. The van der Waals surface area contributed by atoms with Crippen LogP contribution in [-0.4, -0.2) is 61.8 Å². The number of hydrogen-bond donors (Lipinski definition) is 4. The maximum absolute atomic E-state index is 10.5. The molecule has 5 atom stereocenters. The number of aliphatic hydroxyl groups is 2. The van der Waals surface area contributed by atoms with Crippen molar-refractivity contribution in [3.8, 4) is 0 Å². The van der Waals surface area contributed by atoms with Crippen LogP contribution in [0.5, 0.6) is 0 Å². The molecule has 0 amide bonds. The Hall–Kier alpha value is -0.200. The number of piperidine rings is 2. The first-order chi connectivity index (χ1) is 12.7. The first kappa shape index (κ1) is 22.1. The molecule has 2 aliphatic heterocycles. The van der Waals surface area contributed by atoms with Crippen molar-refractivity contribution in [1.29, 1.82) is 0 Å². The van der Waals surface area contributed by atoms with Crippen LogP contribution in [0.4, 0.5) is 0 Å². The Kier molecular flexibility index (Phi) is 11.1. The third kappa shape index (κ3) is 8.22. The number of ether oxygens (including phenoxy) is 1. The summed E-state index contributed by atoms with van der Waals surface area (Å²) in [5.41, 5.74) is 0. The minimum absolute atomic E-state index is 0.0944. The van der Waals surface area contributed by atoms with Crippen molar-refractivity contribution in [2.24, 2.45) is 11.8 Å². The first-order valence-electron chi connectivity index (χ1n) is 11.0. The number of rotatable bonds is 12. The van der Waals surface area contributed by atoms with E-state index >= 15 is 0 Å². The Morgan fingerprint density at radius 1 is 0.923 bits per heavy atom. The summed E-state index contributed by atoms with van der Waals surface area (Å²) >= 11 is 0. The Morgan fingerprint density at radius 2 is 1.69 bits per heavy atom. The van der Waals surface area contributed by atoms with Gasteiger partial charge in [0.2, 0.25) is 0 Å². The largest absolute Gasteiger partial charge is 0.393 e. The fourth-order valence-electron chi connectivity index (χ4n) is 4.58. The molecule has 2 saturated heterocycles. The average molecular weight is 371 g/mol. The highest BCUT2D eigenvalue weighted by Gasteiger charge is 2.23. The van der Waals surface area contributed by atoms with Crippen molar-refractivity contribution in [3.63, 3.8) is 0 Å². The lowest BCUT2D eigenvalue weighted by molar-refractivity contribution is -0.0247. The zero-order chi connectivity index (χ0) is 18.6. The molecule has 154 valence electrons. The molecule has 26 heavy (non-hydrogen) atoms. The molecule has 0 spiro atoms. The van der Waals surface area contributed by atoms with E-state index in [1.54, 1.807) is 7.11 Å². The Labute approximate surface area is 160 Å². The number of hydrogen-bond acceptors (Lipinski definition) is 5. The van der Waals surface area contributed by atoms with E-state index in [-0.39, 0.29) is 18.3 Å². The number of aliphatic hydroxyl groups excluding tert-OH is 2. The van der Waals surface area contributed by atoms with Crippen molar-refractivity contribution in [3.05, 3.63) is 0 Å². The number of nitrogens with one attached hydrogen (secondary N) is 2. The van der Waals surface area contributed by atoms with Gasteiger partial charge in [0, 0.05) is 13.7 Å². The molecular formula is C21H42N2O3.